The second kappa shape index (κ2) is 7.49. The van der Waals surface area contributed by atoms with Crippen LogP contribution in [0, 0.1) is 0 Å². The van der Waals surface area contributed by atoms with E-state index in [9.17, 15) is 9.59 Å². The third kappa shape index (κ3) is 3.55. The number of urea groups is 1. The number of carbonyl (C=O) groups excluding carboxylic acids is 2. The third-order valence-corrected chi connectivity index (χ3v) is 6.36. The number of hydrogen-bond acceptors (Lipinski definition) is 8. The Morgan fingerprint density at radius 1 is 1.50 bits per heavy atom. The highest BCUT2D eigenvalue weighted by molar-refractivity contribution is 8.01. The number of aromatic nitrogens is 2. The number of nitrogens with zero attached hydrogens (tertiary/aromatic N) is 4. The van der Waals surface area contributed by atoms with Crippen LogP contribution in [0.5, 0.6) is 0 Å². The molecule has 1 saturated heterocycles. The number of likely N-dealkylation sites (N-methyl/N-ethyl adjacent to an activating group) is 1. The zero-order valence-electron chi connectivity index (χ0n) is 13.2. The summed E-state index contributed by atoms with van der Waals surface area (Å²) in [6, 6.07) is 3.23. The smallest absolute Gasteiger partial charge is 0.350 e. The highest BCUT2D eigenvalue weighted by atomic mass is 32.2. The van der Waals surface area contributed by atoms with Crippen molar-refractivity contribution in [2.75, 3.05) is 24.2 Å². The van der Waals surface area contributed by atoms with Crippen LogP contribution in [0.4, 0.5) is 9.93 Å². The largest absolute Gasteiger partial charge is 0.435 e. The lowest BCUT2D eigenvalue weighted by Crippen LogP contribution is -2.37. The molecular formula is C14H16N4O3S3. The highest BCUT2D eigenvalue weighted by Crippen LogP contribution is 2.32. The molecule has 3 heterocycles. The van der Waals surface area contributed by atoms with Gasteiger partial charge in [0.1, 0.15) is 4.88 Å². The SMILES string of the molecule is CCCSc1nnc(N2C(=O)N(C)CC2OC(=O)c2cccs2)s1. The molecular weight excluding hydrogens is 368 g/mol. The molecule has 0 aromatic carbocycles. The van der Waals surface area contributed by atoms with Gasteiger partial charge in [0.25, 0.3) is 0 Å². The number of thioether (sulfide) groups is 1. The Morgan fingerprint density at radius 3 is 3.04 bits per heavy atom. The van der Waals surface area contributed by atoms with Crippen molar-refractivity contribution in [3.8, 4) is 0 Å². The van der Waals surface area contributed by atoms with Gasteiger partial charge >= 0.3 is 12.0 Å². The van der Waals surface area contributed by atoms with Gasteiger partial charge in [-0.25, -0.2) is 14.5 Å². The second-order valence-electron chi connectivity index (χ2n) is 5.07. The van der Waals surface area contributed by atoms with E-state index in [0.29, 0.717) is 16.6 Å². The molecule has 2 aromatic heterocycles. The number of anilines is 1. The molecule has 3 rings (SSSR count). The Balaban J connectivity index is 1.76. The molecule has 1 fully saturated rings. The summed E-state index contributed by atoms with van der Waals surface area (Å²) in [6.07, 6.45) is 0.334. The monoisotopic (exact) mass is 384 g/mol. The fourth-order valence-electron chi connectivity index (χ4n) is 2.12. The number of rotatable bonds is 6. The molecule has 1 aliphatic rings. The summed E-state index contributed by atoms with van der Waals surface area (Å²) in [7, 11) is 1.67. The van der Waals surface area contributed by atoms with Crippen molar-refractivity contribution in [1.82, 2.24) is 15.1 Å². The Bertz CT molecular complexity index is 719. The molecule has 0 bridgehead atoms. The molecule has 0 saturated carbocycles. The third-order valence-electron chi connectivity index (χ3n) is 3.25. The van der Waals surface area contributed by atoms with Gasteiger partial charge in [0.15, 0.2) is 4.34 Å². The molecule has 128 valence electrons. The minimum absolute atomic E-state index is 0.248. The fourth-order valence-corrected chi connectivity index (χ4v) is 4.53. The Hall–Kier alpha value is -1.65. The molecule has 10 heteroatoms. The Labute approximate surface area is 151 Å². The van der Waals surface area contributed by atoms with E-state index in [2.05, 4.69) is 17.1 Å². The molecule has 24 heavy (non-hydrogen) atoms. The van der Waals surface area contributed by atoms with Crippen molar-refractivity contribution >= 4 is 51.6 Å². The first-order valence-corrected chi connectivity index (χ1v) is 10.0. The highest BCUT2D eigenvalue weighted by Gasteiger charge is 2.41. The fraction of sp³-hybridized carbons (Fsp3) is 0.429. The molecule has 0 N–H and O–H groups in total. The molecule has 0 spiro atoms. The lowest BCUT2D eigenvalue weighted by atomic mass is 10.4. The van der Waals surface area contributed by atoms with Gasteiger partial charge < -0.3 is 9.64 Å². The molecule has 1 aliphatic heterocycles. The maximum absolute atomic E-state index is 12.4. The Morgan fingerprint density at radius 2 is 2.33 bits per heavy atom. The van der Waals surface area contributed by atoms with Crippen molar-refractivity contribution in [2.45, 2.75) is 23.9 Å². The lowest BCUT2D eigenvalue weighted by molar-refractivity contribution is 0.0337. The number of thiophene rings is 1. The summed E-state index contributed by atoms with van der Waals surface area (Å²) >= 11 is 4.24. The number of esters is 1. The van der Waals surface area contributed by atoms with Crippen LogP contribution in [-0.2, 0) is 4.74 Å². The van der Waals surface area contributed by atoms with E-state index in [1.54, 1.807) is 30.9 Å². The average molecular weight is 385 g/mol. The quantitative estimate of drug-likeness (QED) is 0.433. The number of amides is 2. The summed E-state index contributed by atoms with van der Waals surface area (Å²) in [5, 5.41) is 10.5. The van der Waals surface area contributed by atoms with Gasteiger partial charge in [-0.1, -0.05) is 36.1 Å². The molecule has 7 nitrogen and oxygen atoms in total. The predicted octanol–water partition coefficient (Wildman–Crippen LogP) is 3.16. The van der Waals surface area contributed by atoms with Crippen molar-refractivity contribution in [3.63, 3.8) is 0 Å². The number of carbonyl (C=O) groups is 2. The van der Waals surface area contributed by atoms with Gasteiger partial charge in [0.05, 0.1) is 6.54 Å². The van der Waals surface area contributed by atoms with Gasteiger partial charge in [-0.3, -0.25) is 0 Å². The first-order valence-electron chi connectivity index (χ1n) is 7.35. The summed E-state index contributed by atoms with van der Waals surface area (Å²) in [5.74, 6) is 0.507. The summed E-state index contributed by atoms with van der Waals surface area (Å²) in [5.41, 5.74) is 0. The summed E-state index contributed by atoms with van der Waals surface area (Å²) in [6.45, 7) is 2.39. The maximum atomic E-state index is 12.4. The van der Waals surface area contributed by atoms with Crippen LogP contribution in [-0.4, -0.2) is 52.7 Å². The van der Waals surface area contributed by atoms with Crippen molar-refractivity contribution < 1.29 is 14.3 Å². The molecule has 2 aromatic rings. The Kier molecular flexibility index (Phi) is 5.36. The topological polar surface area (TPSA) is 75.6 Å². The van der Waals surface area contributed by atoms with Crippen molar-refractivity contribution in [2.24, 2.45) is 0 Å². The average Bonchev–Trinajstić information content (AvgIpc) is 3.28. The molecule has 2 amide bonds. The van der Waals surface area contributed by atoms with E-state index in [4.69, 9.17) is 4.74 Å². The first-order chi connectivity index (χ1) is 11.6. The molecule has 1 atom stereocenters. The summed E-state index contributed by atoms with van der Waals surface area (Å²) < 4.78 is 6.32. The standard InChI is InChI=1S/C14H16N4O3S3/c1-3-6-23-13-16-15-12(24-13)18-10(8-17(2)14(18)20)21-11(19)9-5-4-7-22-9/h4-5,7,10H,3,6,8H2,1-2H3. The number of ether oxygens (including phenoxy) is 1. The first kappa shape index (κ1) is 17.2. The minimum Gasteiger partial charge on any atom is -0.435 e. The normalized spacial score (nSPS) is 17.6. The van der Waals surface area contributed by atoms with Crippen LogP contribution < -0.4 is 4.90 Å². The second-order valence-corrected chi connectivity index (χ2v) is 8.32. The van der Waals surface area contributed by atoms with Crippen molar-refractivity contribution in [1.29, 1.82) is 0 Å². The van der Waals surface area contributed by atoms with E-state index >= 15 is 0 Å². The van der Waals surface area contributed by atoms with E-state index in [0.717, 1.165) is 16.5 Å². The van der Waals surface area contributed by atoms with Gasteiger partial charge in [0, 0.05) is 12.8 Å². The van der Waals surface area contributed by atoms with Gasteiger partial charge in [-0.05, 0) is 17.9 Å². The zero-order chi connectivity index (χ0) is 17.1. The van der Waals surface area contributed by atoms with Crippen molar-refractivity contribution in [3.05, 3.63) is 22.4 Å². The predicted molar refractivity (Wildman–Crippen MR) is 95.0 cm³/mol. The molecule has 0 radical (unpaired) electrons. The molecule has 1 unspecified atom stereocenters. The van der Waals surface area contributed by atoms with E-state index < -0.39 is 12.2 Å². The van der Waals surface area contributed by atoms with E-state index in [-0.39, 0.29) is 6.03 Å². The van der Waals surface area contributed by atoms with E-state index in [1.165, 1.54) is 32.5 Å². The van der Waals surface area contributed by atoms with Crippen LogP contribution in [0.2, 0.25) is 0 Å². The maximum Gasteiger partial charge on any atom is 0.350 e. The van der Waals surface area contributed by atoms with Crippen LogP contribution in [0.25, 0.3) is 0 Å². The summed E-state index contributed by atoms with van der Waals surface area (Å²) in [4.78, 5) is 28.0. The number of hydrogen-bond donors (Lipinski definition) is 0. The van der Waals surface area contributed by atoms with Gasteiger partial charge in [-0.2, -0.15) is 0 Å². The van der Waals surface area contributed by atoms with Crippen LogP contribution in [0.3, 0.4) is 0 Å². The van der Waals surface area contributed by atoms with Crippen LogP contribution in [0.1, 0.15) is 23.0 Å². The van der Waals surface area contributed by atoms with Crippen LogP contribution in [0.15, 0.2) is 21.9 Å². The minimum atomic E-state index is -0.700. The van der Waals surface area contributed by atoms with E-state index in [1.807, 2.05) is 5.38 Å². The zero-order valence-corrected chi connectivity index (χ0v) is 15.6. The lowest BCUT2D eigenvalue weighted by Gasteiger charge is -2.19. The van der Waals surface area contributed by atoms with Gasteiger partial charge in [-0.15, -0.1) is 21.5 Å². The molecule has 0 aliphatic carbocycles. The van der Waals surface area contributed by atoms with Crippen LogP contribution >= 0.6 is 34.4 Å². The van der Waals surface area contributed by atoms with Gasteiger partial charge in [0.2, 0.25) is 11.4 Å².